The summed E-state index contributed by atoms with van der Waals surface area (Å²) in [6, 6.07) is 97.2. The van der Waals surface area contributed by atoms with E-state index in [0.717, 1.165) is 127 Å². The highest BCUT2D eigenvalue weighted by Gasteiger charge is 2.26. The third-order valence-corrected chi connectivity index (χ3v) is 17.6. The van der Waals surface area contributed by atoms with Crippen LogP contribution in [-0.2, 0) is 0 Å². The number of benzene rings is 11. The van der Waals surface area contributed by atoms with Gasteiger partial charge >= 0.3 is 0 Å². The van der Waals surface area contributed by atoms with Crippen LogP contribution in [0.5, 0.6) is 0 Å². The molecule has 0 aliphatic rings. The number of aromatic nitrogens is 9. The number of para-hydroxylation sites is 8. The summed E-state index contributed by atoms with van der Waals surface area (Å²) in [6.45, 7) is 0. The number of nitrogens with zero attached hydrogens (tertiary/aromatic N) is 9. The van der Waals surface area contributed by atoms with Crippen LogP contribution in [-0.4, -0.2) is 43.2 Å². The standard InChI is InChI=1S/C79H49N9/c1-2-20-50(21-3-1)77-82-78(61-46-51(38-40-73(61)85-65-30-12-4-22-53(65)54-23-5-13-31-66(54)85)63-48-80-44-42-75(63)87-69-34-16-8-26-57(69)58-27-9-17-35-70(58)87)84-79(83-77)62-47-52(39-41-74(62)86-67-32-14-6-24-55(67)56-25-7-15-33-68(56)86)64-49-81-45-43-76(64)88-71-36-18-10-28-59(71)60-29-11-19-37-72(60)88/h1-49H. The molecule has 11 aromatic carbocycles. The highest BCUT2D eigenvalue weighted by molar-refractivity contribution is 6.13. The van der Waals surface area contributed by atoms with E-state index in [1.165, 1.54) is 21.5 Å². The summed E-state index contributed by atoms with van der Waals surface area (Å²) in [6.07, 6.45) is 7.75. The normalized spacial score (nSPS) is 11.9. The van der Waals surface area contributed by atoms with Crippen molar-refractivity contribution in [3.05, 3.63) is 298 Å². The predicted octanol–water partition coefficient (Wildman–Crippen LogP) is 19.4. The molecule has 0 bridgehead atoms. The topological polar surface area (TPSA) is 84.2 Å². The fourth-order valence-electron chi connectivity index (χ4n) is 13.8. The second-order valence-corrected chi connectivity index (χ2v) is 22.4. The Balaban J connectivity index is 0.937. The molecular formula is C79H49N9. The lowest BCUT2D eigenvalue weighted by Crippen LogP contribution is -2.06. The highest BCUT2D eigenvalue weighted by atomic mass is 15.1. The van der Waals surface area contributed by atoms with Crippen LogP contribution in [0.15, 0.2) is 298 Å². The fraction of sp³-hybridized carbons (Fsp3) is 0. The Labute approximate surface area is 504 Å². The average Bonchev–Trinajstić information content (AvgIpc) is 2.14. The first-order valence-electron chi connectivity index (χ1n) is 29.6. The van der Waals surface area contributed by atoms with Crippen molar-refractivity contribution >= 4 is 87.2 Å². The van der Waals surface area contributed by atoms with E-state index < -0.39 is 0 Å². The predicted molar refractivity (Wildman–Crippen MR) is 360 cm³/mol. The molecule has 0 radical (unpaired) electrons. The van der Waals surface area contributed by atoms with Gasteiger partial charge in [-0.15, -0.1) is 0 Å². The summed E-state index contributed by atoms with van der Waals surface area (Å²) in [5, 5.41) is 9.35. The van der Waals surface area contributed by atoms with Crippen LogP contribution in [0.3, 0.4) is 0 Å². The van der Waals surface area contributed by atoms with E-state index in [-0.39, 0.29) is 0 Å². The van der Waals surface area contributed by atoms with Crippen molar-refractivity contribution in [2.24, 2.45) is 0 Å². The smallest absolute Gasteiger partial charge is 0.166 e. The highest BCUT2D eigenvalue weighted by Crippen LogP contribution is 2.44. The van der Waals surface area contributed by atoms with E-state index in [2.05, 4.69) is 273 Å². The molecule has 18 rings (SSSR count). The summed E-state index contributed by atoms with van der Waals surface area (Å²) in [4.78, 5) is 26.8. The molecule has 0 fully saturated rings. The maximum atomic E-state index is 5.85. The van der Waals surface area contributed by atoms with Gasteiger partial charge in [0.25, 0.3) is 0 Å². The van der Waals surface area contributed by atoms with Crippen molar-refractivity contribution in [1.29, 1.82) is 0 Å². The first-order valence-corrected chi connectivity index (χ1v) is 29.6. The van der Waals surface area contributed by atoms with Crippen molar-refractivity contribution in [3.63, 3.8) is 0 Å². The average molecular weight is 1120 g/mol. The zero-order chi connectivity index (χ0) is 57.8. The van der Waals surface area contributed by atoms with Crippen LogP contribution >= 0.6 is 0 Å². The lowest BCUT2D eigenvalue weighted by molar-refractivity contribution is 1.06. The van der Waals surface area contributed by atoms with Crippen LogP contribution in [0.25, 0.3) is 166 Å². The van der Waals surface area contributed by atoms with Crippen molar-refractivity contribution in [2.75, 3.05) is 0 Å². The number of hydrogen-bond donors (Lipinski definition) is 0. The minimum atomic E-state index is 0.510. The Bertz CT molecular complexity index is 5300. The van der Waals surface area contributed by atoms with Crippen LogP contribution in [0.4, 0.5) is 0 Å². The summed E-state index contributed by atoms with van der Waals surface area (Å²) < 4.78 is 9.48. The van der Waals surface area contributed by atoms with E-state index in [1.807, 2.05) is 43.0 Å². The van der Waals surface area contributed by atoms with Crippen LogP contribution in [0, 0.1) is 0 Å². The van der Waals surface area contributed by atoms with Gasteiger partial charge in [-0.25, -0.2) is 15.0 Å². The Morgan fingerprint density at radius 3 is 0.773 bits per heavy atom. The lowest BCUT2D eigenvalue weighted by Gasteiger charge is -2.19. The first kappa shape index (κ1) is 49.4. The zero-order valence-electron chi connectivity index (χ0n) is 47.3. The Kier molecular flexibility index (Phi) is 11.1. The van der Waals surface area contributed by atoms with E-state index in [0.29, 0.717) is 17.5 Å². The molecule has 0 N–H and O–H groups in total. The largest absolute Gasteiger partial charge is 0.309 e. The molecule has 88 heavy (non-hydrogen) atoms. The van der Waals surface area contributed by atoms with Crippen molar-refractivity contribution < 1.29 is 0 Å². The Morgan fingerprint density at radius 2 is 0.466 bits per heavy atom. The number of fused-ring (bicyclic) bond motifs is 12. The molecule has 0 saturated carbocycles. The molecule has 0 unspecified atom stereocenters. The minimum absolute atomic E-state index is 0.510. The Hall–Kier alpha value is -12.1. The molecule has 0 atom stereocenters. The molecule has 9 heteroatoms. The van der Waals surface area contributed by atoms with E-state index in [4.69, 9.17) is 24.9 Å². The first-order chi connectivity index (χ1) is 43.7. The number of hydrogen-bond acceptors (Lipinski definition) is 5. The summed E-state index contributed by atoms with van der Waals surface area (Å²) in [7, 11) is 0. The van der Waals surface area contributed by atoms with E-state index in [1.54, 1.807) is 0 Å². The second kappa shape index (κ2) is 19.8. The molecule has 0 spiro atoms. The molecule has 0 aliphatic carbocycles. The van der Waals surface area contributed by atoms with Gasteiger partial charge in [0, 0.05) is 95.7 Å². The van der Waals surface area contributed by atoms with Crippen LogP contribution in [0.1, 0.15) is 0 Å². The van der Waals surface area contributed by atoms with Gasteiger partial charge in [-0.1, -0.05) is 188 Å². The third kappa shape index (κ3) is 7.57. The maximum absolute atomic E-state index is 5.85. The molecule has 0 amide bonds. The molecule has 410 valence electrons. The van der Waals surface area contributed by atoms with Gasteiger partial charge in [-0.2, -0.15) is 0 Å². The van der Waals surface area contributed by atoms with Gasteiger partial charge in [0.1, 0.15) is 0 Å². The molecule has 7 aromatic heterocycles. The summed E-state index contributed by atoms with van der Waals surface area (Å²) in [5.41, 5.74) is 18.9. The fourth-order valence-corrected chi connectivity index (χ4v) is 13.8. The van der Waals surface area contributed by atoms with E-state index in [9.17, 15) is 0 Å². The van der Waals surface area contributed by atoms with Gasteiger partial charge in [0.15, 0.2) is 17.5 Å². The quantitative estimate of drug-likeness (QED) is 0.144. The zero-order valence-corrected chi connectivity index (χ0v) is 47.3. The summed E-state index contributed by atoms with van der Waals surface area (Å²) in [5.74, 6) is 1.56. The molecular weight excluding hydrogens is 1070 g/mol. The lowest BCUT2D eigenvalue weighted by atomic mass is 9.99. The number of rotatable bonds is 9. The van der Waals surface area contributed by atoms with Gasteiger partial charge in [-0.05, 0) is 96.1 Å². The molecule has 0 aliphatic heterocycles. The van der Waals surface area contributed by atoms with Crippen molar-refractivity contribution in [2.45, 2.75) is 0 Å². The Morgan fingerprint density at radius 1 is 0.205 bits per heavy atom. The van der Waals surface area contributed by atoms with E-state index >= 15 is 0 Å². The van der Waals surface area contributed by atoms with Crippen LogP contribution < -0.4 is 0 Å². The van der Waals surface area contributed by atoms with Gasteiger partial charge in [0.05, 0.1) is 66.9 Å². The maximum Gasteiger partial charge on any atom is 0.166 e. The summed E-state index contributed by atoms with van der Waals surface area (Å²) >= 11 is 0. The third-order valence-electron chi connectivity index (χ3n) is 17.6. The molecule has 7 heterocycles. The van der Waals surface area contributed by atoms with Gasteiger partial charge < -0.3 is 18.3 Å². The second-order valence-electron chi connectivity index (χ2n) is 22.4. The van der Waals surface area contributed by atoms with Crippen molar-refractivity contribution in [1.82, 2.24) is 43.2 Å². The van der Waals surface area contributed by atoms with Crippen LogP contribution in [0.2, 0.25) is 0 Å². The van der Waals surface area contributed by atoms with Gasteiger partial charge in [-0.3, -0.25) is 9.97 Å². The number of pyridine rings is 2. The van der Waals surface area contributed by atoms with Crippen molar-refractivity contribution in [3.8, 4) is 79.2 Å². The van der Waals surface area contributed by atoms with Gasteiger partial charge in [0.2, 0.25) is 0 Å². The molecule has 0 saturated heterocycles. The molecule has 9 nitrogen and oxygen atoms in total. The monoisotopic (exact) mass is 1120 g/mol. The molecule has 18 aromatic rings. The minimum Gasteiger partial charge on any atom is -0.309 e. The SMILES string of the molecule is c1ccc(-c2nc(-c3cc(-c4cnccc4-n4c5ccccc5c5ccccc54)ccc3-n3c4ccccc4c4ccccc43)nc(-c3cc(-c4cnccc4-n4c5ccccc5c5ccccc54)ccc3-n3c4ccccc4c4ccccc43)n2)cc1.